The van der Waals surface area contributed by atoms with E-state index in [1.807, 2.05) is 17.8 Å². The number of hydrogen-bond acceptors (Lipinski definition) is 4. The van der Waals surface area contributed by atoms with Crippen LogP contribution in [0.15, 0.2) is 28.6 Å². The van der Waals surface area contributed by atoms with Crippen molar-refractivity contribution in [3.63, 3.8) is 0 Å². The maximum Gasteiger partial charge on any atom is 0.151 e. The highest BCUT2D eigenvalue weighted by Gasteiger charge is 2.19. The normalized spacial score (nSPS) is 15.5. The molecule has 1 fully saturated rings. The minimum absolute atomic E-state index is 0.974. The van der Waals surface area contributed by atoms with E-state index in [0.29, 0.717) is 0 Å². The molecule has 0 unspecified atom stereocenters. The molecule has 17 heavy (non-hydrogen) atoms. The predicted octanol–water partition coefficient (Wildman–Crippen LogP) is 3.39. The van der Waals surface area contributed by atoms with Crippen LogP contribution < -0.4 is 5.32 Å². The number of nitrogens with zero attached hydrogens (tertiary/aromatic N) is 1. The Balaban J connectivity index is 1.46. The van der Waals surface area contributed by atoms with Gasteiger partial charge in [-0.1, -0.05) is 23.9 Å². The van der Waals surface area contributed by atoms with Crippen LogP contribution >= 0.6 is 23.1 Å². The predicted molar refractivity (Wildman–Crippen MR) is 75.9 cm³/mol. The molecule has 1 aromatic heterocycles. The topological polar surface area (TPSA) is 24.9 Å². The first kappa shape index (κ1) is 11.5. The van der Waals surface area contributed by atoms with Gasteiger partial charge < -0.3 is 5.32 Å². The summed E-state index contributed by atoms with van der Waals surface area (Å²) >= 11 is 3.66. The van der Waals surface area contributed by atoms with Gasteiger partial charge in [0.25, 0.3) is 0 Å². The molecule has 0 amide bonds. The SMILES string of the molecule is c1ccc2sc(SCCNCC3CC3)nc2c1. The molecule has 3 rings (SSSR count). The Morgan fingerprint density at radius 3 is 3.06 bits per heavy atom. The first-order chi connectivity index (χ1) is 8.42. The van der Waals surface area contributed by atoms with Crippen molar-refractivity contribution in [3.8, 4) is 0 Å². The van der Waals surface area contributed by atoms with Crippen molar-refractivity contribution in [2.24, 2.45) is 5.92 Å². The number of aromatic nitrogens is 1. The van der Waals surface area contributed by atoms with Crippen LogP contribution in [0.1, 0.15) is 12.8 Å². The second kappa shape index (κ2) is 5.38. The Labute approximate surface area is 110 Å². The van der Waals surface area contributed by atoms with Gasteiger partial charge in [-0.25, -0.2) is 4.98 Å². The van der Waals surface area contributed by atoms with Gasteiger partial charge >= 0.3 is 0 Å². The lowest BCUT2D eigenvalue weighted by Crippen LogP contribution is -2.19. The summed E-state index contributed by atoms with van der Waals surface area (Å²) in [5, 5.41) is 3.51. The molecule has 1 aliphatic rings. The standard InChI is InChI=1S/C13H16N2S2/c1-2-4-12-11(3-1)15-13(17-12)16-8-7-14-9-10-5-6-10/h1-4,10,14H,5-9H2. The first-order valence-electron chi connectivity index (χ1n) is 6.11. The molecule has 0 bridgehead atoms. The lowest BCUT2D eigenvalue weighted by molar-refractivity contribution is 0.666. The molecular formula is C13H16N2S2. The van der Waals surface area contributed by atoms with E-state index in [-0.39, 0.29) is 0 Å². The summed E-state index contributed by atoms with van der Waals surface area (Å²) in [5.41, 5.74) is 1.13. The van der Waals surface area contributed by atoms with Crippen molar-refractivity contribution < 1.29 is 0 Å². The van der Waals surface area contributed by atoms with Gasteiger partial charge in [-0.3, -0.25) is 0 Å². The fourth-order valence-electron chi connectivity index (χ4n) is 1.75. The Hall–Kier alpha value is -0.580. The molecule has 2 nitrogen and oxygen atoms in total. The number of nitrogens with one attached hydrogen (secondary N) is 1. The lowest BCUT2D eigenvalue weighted by atomic mass is 10.3. The van der Waals surface area contributed by atoms with Crippen molar-refractivity contribution in [2.75, 3.05) is 18.8 Å². The van der Waals surface area contributed by atoms with E-state index in [1.165, 1.54) is 28.4 Å². The summed E-state index contributed by atoms with van der Waals surface area (Å²) in [6.07, 6.45) is 2.86. The zero-order valence-corrected chi connectivity index (χ0v) is 11.3. The molecule has 0 radical (unpaired) electrons. The van der Waals surface area contributed by atoms with Crippen LogP contribution in [-0.2, 0) is 0 Å². The van der Waals surface area contributed by atoms with Gasteiger partial charge in [0.05, 0.1) is 10.2 Å². The quantitative estimate of drug-likeness (QED) is 0.639. The van der Waals surface area contributed by atoms with Gasteiger partial charge in [0.2, 0.25) is 0 Å². The second-order valence-corrected chi connectivity index (χ2v) is 6.82. The molecule has 1 aliphatic carbocycles. The Kier molecular flexibility index (Phi) is 3.64. The summed E-state index contributed by atoms with van der Waals surface area (Å²) in [6.45, 7) is 2.30. The van der Waals surface area contributed by atoms with Gasteiger partial charge in [-0.2, -0.15) is 0 Å². The minimum atomic E-state index is 0.974. The third-order valence-electron chi connectivity index (χ3n) is 2.91. The number of para-hydroxylation sites is 1. The fourth-order valence-corrected chi connectivity index (χ4v) is 3.79. The molecule has 1 aromatic carbocycles. The molecule has 2 aromatic rings. The maximum absolute atomic E-state index is 4.61. The van der Waals surface area contributed by atoms with E-state index >= 15 is 0 Å². The highest BCUT2D eigenvalue weighted by atomic mass is 32.2. The Bertz CT molecular complexity index is 458. The van der Waals surface area contributed by atoms with Gasteiger partial charge in [0.15, 0.2) is 4.34 Å². The Morgan fingerprint density at radius 2 is 2.24 bits per heavy atom. The molecule has 0 saturated heterocycles. The molecule has 0 atom stereocenters. The van der Waals surface area contributed by atoms with E-state index in [4.69, 9.17) is 0 Å². The molecule has 0 aliphatic heterocycles. The van der Waals surface area contributed by atoms with E-state index in [2.05, 4.69) is 28.5 Å². The summed E-state index contributed by atoms with van der Waals surface area (Å²) in [6, 6.07) is 8.35. The molecule has 4 heteroatoms. The van der Waals surface area contributed by atoms with Crippen LogP contribution in [0.3, 0.4) is 0 Å². The summed E-state index contributed by atoms with van der Waals surface area (Å²) in [4.78, 5) is 4.61. The number of fused-ring (bicyclic) bond motifs is 1. The highest BCUT2D eigenvalue weighted by molar-refractivity contribution is 8.01. The average molecular weight is 264 g/mol. The third-order valence-corrected chi connectivity index (χ3v) is 5.09. The number of rotatable bonds is 6. The Morgan fingerprint density at radius 1 is 1.35 bits per heavy atom. The fraction of sp³-hybridized carbons (Fsp3) is 0.462. The van der Waals surface area contributed by atoms with Crippen molar-refractivity contribution in [1.82, 2.24) is 10.3 Å². The van der Waals surface area contributed by atoms with E-state index < -0.39 is 0 Å². The zero-order chi connectivity index (χ0) is 11.5. The molecule has 1 heterocycles. The van der Waals surface area contributed by atoms with Crippen LogP contribution in [0.4, 0.5) is 0 Å². The van der Waals surface area contributed by atoms with E-state index in [1.54, 1.807) is 11.3 Å². The van der Waals surface area contributed by atoms with Crippen LogP contribution in [0.5, 0.6) is 0 Å². The van der Waals surface area contributed by atoms with E-state index in [0.717, 1.165) is 23.7 Å². The van der Waals surface area contributed by atoms with Crippen LogP contribution in [0, 0.1) is 5.92 Å². The third kappa shape index (κ3) is 3.21. The minimum Gasteiger partial charge on any atom is -0.316 e. The summed E-state index contributed by atoms with van der Waals surface area (Å²) in [7, 11) is 0. The highest BCUT2D eigenvalue weighted by Crippen LogP contribution is 2.29. The number of benzene rings is 1. The summed E-state index contributed by atoms with van der Waals surface area (Å²) in [5.74, 6) is 2.09. The van der Waals surface area contributed by atoms with Crippen LogP contribution in [0.25, 0.3) is 10.2 Å². The molecule has 0 spiro atoms. The van der Waals surface area contributed by atoms with Gasteiger partial charge in [-0.05, 0) is 37.4 Å². The smallest absolute Gasteiger partial charge is 0.151 e. The monoisotopic (exact) mass is 264 g/mol. The van der Waals surface area contributed by atoms with Gasteiger partial charge in [-0.15, -0.1) is 11.3 Å². The average Bonchev–Trinajstić information content (AvgIpc) is 3.07. The summed E-state index contributed by atoms with van der Waals surface area (Å²) < 4.78 is 2.49. The van der Waals surface area contributed by atoms with Crippen LogP contribution in [-0.4, -0.2) is 23.8 Å². The molecule has 1 saturated carbocycles. The van der Waals surface area contributed by atoms with Gasteiger partial charge in [0.1, 0.15) is 0 Å². The molecule has 1 N–H and O–H groups in total. The molecular weight excluding hydrogens is 248 g/mol. The lowest BCUT2D eigenvalue weighted by Gasteiger charge is -2.00. The molecule has 90 valence electrons. The second-order valence-electron chi connectivity index (χ2n) is 4.44. The number of thiazole rings is 1. The van der Waals surface area contributed by atoms with Gasteiger partial charge in [0, 0.05) is 12.3 Å². The van der Waals surface area contributed by atoms with Crippen molar-refractivity contribution in [3.05, 3.63) is 24.3 Å². The largest absolute Gasteiger partial charge is 0.316 e. The van der Waals surface area contributed by atoms with Crippen molar-refractivity contribution >= 4 is 33.3 Å². The van der Waals surface area contributed by atoms with E-state index in [9.17, 15) is 0 Å². The number of hydrogen-bond donors (Lipinski definition) is 1. The van der Waals surface area contributed by atoms with Crippen molar-refractivity contribution in [1.29, 1.82) is 0 Å². The maximum atomic E-state index is 4.61. The number of thioether (sulfide) groups is 1. The van der Waals surface area contributed by atoms with Crippen molar-refractivity contribution in [2.45, 2.75) is 17.2 Å². The van der Waals surface area contributed by atoms with Crippen LogP contribution in [0.2, 0.25) is 0 Å². The first-order valence-corrected chi connectivity index (χ1v) is 7.91. The zero-order valence-electron chi connectivity index (χ0n) is 9.69.